The van der Waals surface area contributed by atoms with Gasteiger partial charge in [-0.1, -0.05) is 93.6 Å². The molecule has 3 nitrogen and oxygen atoms in total. The molecule has 0 saturated carbocycles. The monoisotopic (exact) mass is 457 g/mol. The maximum Gasteiger partial charge on any atom is 0.119 e. The quantitative estimate of drug-likeness (QED) is 0.322. The fraction of sp³-hybridized carbons (Fsp3) is 0.355. The van der Waals surface area contributed by atoms with Crippen LogP contribution in [0.25, 0.3) is 11.1 Å². The standard InChI is InChI=1S/C31H39NO2/c1-6-31(33,7-2)24(3)29(25-14-10-8-11-15-25)30(26-16-12-9-13-17-26)27-18-20-28(21-19-27)34-23-22-32(4)5/h8-21,24,33H,6-7,22-23H2,1-5H3/b30-29-. The minimum absolute atomic E-state index is 0.0591. The van der Waals surface area contributed by atoms with Crippen LogP contribution >= 0.6 is 0 Å². The highest BCUT2D eigenvalue weighted by atomic mass is 16.5. The Labute approximate surface area is 205 Å². The summed E-state index contributed by atoms with van der Waals surface area (Å²) in [5.41, 5.74) is 4.93. The van der Waals surface area contributed by atoms with Crippen LogP contribution in [0.3, 0.4) is 0 Å². The largest absolute Gasteiger partial charge is 0.492 e. The van der Waals surface area contributed by atoms with Gasteiger partial charge in [-0.05, 0) is 66.9 Å². The van der Waals surface area contributed by atoms with Crippen molar-refractivity contribution in [3.63, 3.8) is 0 Å². The SMILES string of the molecule is CCC(O)(CC)C(C)/C(=C(\c1ccccc1)c1ccc(OCCN(C)C)cc1)c1ccccc1. The van der Waals surface area contributed by atoms with Crippen molar-refractivity contribution >= 4 is 11.1 Å². The van der Waals surface area contributed by atoms with Gasteiger partial charge in [0.05, 0.1) is 5.60 Å². The third-order valence-corrected chi connectivity index (χ3v) is 6.83. The van der Waals surface area contributed by atoms with E-state index in [4.69, 9.17) is 4.74 Å². The zero-order chi connectivity index (χ0) is 24.6. The maximum absolute atomic E-state index is 11.6. The van der Waals surface area contributed by atoms with Crippen molar-refractivity contribution in [1.82, 2.24) is 4.90 Å². The highest BCUT2D eigenvalue weighted by Crippen LogP contribution is 2.43. The zero-order valence-electron chi connectivity index (χ0n) is 21.3. The number of rotatable bonds is 11. The normalized spacial score (nSPS) is 13.5. The van der Waals surface area contributed by atoms with Crippen LogP contribution in [0, 0.1) is 5.92 Å². The average Bonchev–Trinajstić information content (AvgIpc) is 2.87. The van der Waals surface area contributed by atoms with Gasteiger partial charge in [0.1, 0.15) is 12.4 Å². The highest BCUT2D eigenvalue weighted by Gasteiger charge is 2.34. The van der Waals surface area contributed by atoms with Crippen LogP contribution in [-0.4, -0.2) is 42.9 Å². The molecule has 0 aliphatic carbocycles. The van der Waals surface area contributed by atoms with Crippen LogP contribution in [0.15, 0.2) is 84.9 Å². The molecule has 0 saturated heterocycles. The first kappa shape index (κ1) is 25.7. The van der Waals surface area contributed by atoms with Crippen LogP contribution < -0.4 is 4.74 Å². The molecule has 0 aliphatic heterocycles. The van der Waals surface area contributed by atoms with Gasteiger partial charge in [0.15, 0.2) is 0 Å². The molecule has 3 aromatic carbocycles. The molecule has 3 aromatic rings. The summed E-state index contributed by atoms with van der Waals surface area (Å²) < 4.78 is 5.94. The first-order valence-electron chi connectivity index (χ1n) is 12.3. The number of nitrogens with zero attached hydrogens (tertiary/aromatic N) is 1. The molecule has 0 spiro atoms. The van der Waals surface area contributed by atoms with Crippen LogP contribution in [0.5, 0.6) is 5.75 Å². The molecule has 0 amide bonds. The Morgan fingerprint density at radius 1 is 0.794 bits per heavy atom. The van der Waals surface area contributed by atoms with Crippen molar-refractivity contribution in [2.24, 2.45) is 5.92 Å². The van der Waals surface area contributed by atoms with Gasteiger partial charge in [-0.3, -0.25) is 0 Å². The third-order valence-electron chi connectivity index (χ3n) is 6.83. The third kappa shape index (κ3) is 6.16. The van der Waals surface area contributed by atoms with Gasteiger partial charge >= 0.3 is 0 Å². The molecule has 0 bridgehead atoms. The van der Waals surface area contributed by atoms with E-state index in [0.717, 1.165) is 34.6 Å². The van der Waals surface area contributed by atoms with E-state index in [-0.39, 0.29) is 5.92 Å². The summed E-state index contributed by atoms with van der Waals surface area (Å²) in [5.74, 6) is 0.807. The van der Waals surface area contributed by atoms with E-state index in [2.05, 4.69) is 86.3 Å². The van der Waals surface area contributed by atoms with E-state index < -0.39 is 5.60 Å². The summed E-state index contributed by atoms with van der Waals surface area (Å²) in [6, 6.07) is 29.4. The maximum atomic E-state index is 11.6. The Bertz CT molecular complexity index is 1040. The van der Waals surface area contributed by atoms with Gasteiger partial charge in [-0.25, -0.2) is 0 Å². The number of ether oxygens (including phenoxy) is 1. The number of aliphatic hydroxyl groups is 1. The molecular weight excluding hydrogens is 418 g/mol. The van der Waals surface area contributed by atoms with E-state index in [1.807, 2.05) is 38.4 Å². The fourth-order valence-electron chi connectivity index (χ4n) is 4.51. The highest BCUT2D eigenvalue weighted by molar-refractivity contribution is 5.99. The van der Waals surface area contributed by atoms with Crippen molar-refractivity contribution in [3.8, 4) is 5.75 Å². The van der Waals surface area contributed by atoms with E-state index >= 15 is 0 Å². The predicted octanol–water partition coefficient (Wildman–Crippen LogP) is 6.77. The molecule has 3 heteroatoms. The lowest BCUT2D eigenvalue weighted by Crippen LogP contribution is -2.36. The Morgan fingerprint density at radius 2 is 1.29 bits per heavy atom. The van der Waals surface area contributed by atoms with E-state index in [1.165, 1.54) is 5.57 Å². The molecule has 34 heavy (non-hydrogen) atoms. The summed E-state index contributed by atoms with van der Waals surface area (Å²) in [4.78, 5) is 2.11. The summed E-state index contributed by atoms with van der Waals surface area (Å²) in [5, 5.41) is 11.6. The lowest BCUT2D eigenvalue weighted by molar-refractivity contribution is 0.00186. The topological polar surface area (TPSA) is 32.7 Å². The zero-order valence-corrected chi connectivity index (χ0v) is 21.3. The summed E-state index contributed by atoms with van der Waals surface area (Å²) in [6.45, 7) is 7.84. The van der Waals surface area contributed by atoms with Crippen molar-refractivity contribution in [1.29, 1.82) is 0 Å². The number of hydrogen-bond donors (Lipinski definition) is 1. The minimum Gasteiger partial charge on any atom is -0.492 e. The number of benzene rings is 3. The van der Waals surface area contributed by atoms with Gasteiger partial charge in [0.2, 0.25) is 0 Å². The second-order valence-electron chi connectivity index (χ2n) is 9.23. The second kappa shape index (κ2) is 12.0. The smallest absolute Gasteiger partial charge is 0.119 e. The second-order valence-corrected chi connectivity index (χ2v) is 9.23. The van der Waals surface area contributed by atoms with Crippen molar-refractivity contribution < 1.29 is 9.84 Å². The summed E-state index contributed by atoms with van der Waals surface area (Å²) in [6.07, 6.45) is 1.39. The lowest BCUT2D eigenvalue weighted by Gasteiger charge is -2.36. The lowest BCUT2D eigenvalue weighted by atomic mass is 9.73. The molecule has 0 heterocycles. The molecule has 3 rings (SSSR count). The van der Waals surface area contributed by atoms with Gasteiger partial charge in [-0.15, -0.1) is 0 Å². The van der Waals surface area contributed by atoms with Crippen LogP contribution in [0.2, 0.25) is 0 Å². The van der Waals surface area contributed by atoms with Crippen molar-refractivity contribution in [2.45, 2.75) is 39.2 Å². The van der Waals surface area contributed by atoms with Crippen LogP contribution in [-0.2, 0) is 0 Å². The Morgan fingerprint density at radius 3 is 1.79 bits per heavy atom. The molecule has 0 radical (unpaired) electrons. The number of hydrogen-bond acceptors (Lipinski definition) is 3. The first-order valence-corrected chi connectivity index (χ1v) is 12.3. The summed E-state index contributed by atoms with van der Waals surface area (Å²) >= 11 is 0. The Hall–Kier alpha value is -2.88. The van der Waals surface area contributed by atoms with Crippen LogP contribution in [0.4, 0.5) is 0 Å². The molecule has 0 aromatic heterocycles. The van der Waals surface area contributed by atoms with E-state index in [0.29, 0.717) is 19.4 Å². The molecular formula is C31H39NO2. The summed E-state index contributed by atoms with van der Waals surface area (Å²) in [7, 11) is 4.09. The first-order chi connectivity index (χ1) is 16.4. The molecule has 1 atom stereocenters. The van der Waals surface area contributed by atoms with Crippen molar-refractivity contribution in [2.75, 3.05) is 27.2 Å². The van der Waals surface area contributed by atoms with Gasteiger partial charge in [-0.2, -0.15) is 0 Å². The van der Waals surface area contributed by atoms with E-state index in [1.54, 1.807) is 0 Å². The fourth-order valence-corrected chi connectivity index (χ4v) is 4.51. The molecule has 0 aliphatic rings. The number of likely N-dealkylation sites (N-methyl/N-ethyl adjacent to an activating group) is 1. The molecule has 0 fully saturated rings. The van der Waals surface area contributed by atoms with Crippen LogP contribution in [0.1, 0.15) is 50.3 Å². The Balaban J connectivity index is 2.19. The molecule has 1 N–H and O–H groups in total. The van der Waals surface area contributed by atoms with Gasteiger partial charge < -0.3 is 14.7 Å². The van der Waals surface area contributed by atoms with Crippen molar-refractivity contribution in [3.05, 3.63) is 102 Å². The van der Waals surface area contributed by atoms with Gasteiger partial charge in [0.25, 0.3) is 0 Å². The average molecular weight is 458 g/mol. The van der Waals surface area contributed by atoms with Gasteiger partial charge in [0, 0.05) is 12.5 Å². The Kier molecular flexibility index (Phi) is 9.09. The predicted molar refractivity (Wildman–Crippen MR) is 144 cm³/mol. The molecule has 180 valence electrons. The molecule has 1 unspecified atom stereocenters. The minimum atomic E-state index is -0.791. The van der Waals surface area contributed by atoms with E-state index in [9.17, 15) is 5.11 Å².